The third kappa shape index (κ3) is 5.19. The first-order chi connectivity index (χ1) is 18.1. The molecule has 0 saturated carbocycles. The molecule has 198 valence electrons. The van der Waals surface area contributed by atoms with Gasteiger partial charge in [-0.25, -0.2) is 4.98 Å². The minimum absolute atomic E-state index is 0.0143. The molecule has 0 radical (unpaired) electrons. The minimum Gasteiger partial charge on any atom is -0.350 e. The second-order valence-electron chi connectivity index (χ2n) is 11.2. The summed E-state index contributed by atoms with van der Waals surface area (Å²) in [6, 6.07) is 10.2. The molecule has 1 aliphatic rings. The normalized spacial score (nSPS) is 13.4. The van der Waals surface area contributed by atoms with Crippen LogP contribution < -0.4 is 21.3 Å². The zero-order chi connectivity index (χ0) is 27.0. The molecule has 0 spiro atoms. The van der Waals surface area contributed by atoms with Crippen molar-refractivity contribution in [3.05, 3.63) is 65.2 Å². The van der Waals surface area contributed by atoms with Crippen molar-refractivity contribution in [1.29, 1.82) is 0 Å². The molecule has 9 heteroatoms. The van der Waals surface area contributed by atoms with Crippen molar-refractivity contribution < 1.29 is 4.79 Å². The first-order valence-corrected chi connectivity index (χ1v) is 13.1. The Bertz CT molecular complexity index is 1500. The fraction of sp³-hybridized carbons (Fsp3) is 0.379. The zero-order valence-corrected chi connectivity index (χ0v) is 22.9. The molecule has 38 heavy (non-hydrogen) atoms. The number of benzene rings is 1. The summed E-state index contributed by atoms with van der Waals surface area (Å²) >= 11 is 0. The lowest BCUT2D eigenvalue weighted by molar-refractivity contribution is 0.0943. The zero-order valence-electron chi connectivity index (χ0n) is 22.9. The van der Waals surface area contributed by atoms with Gasteiger partial charge in [0.2, 0.25) is 5.95 Å². The van der Waals surface area contributed by atoms with Gasteiger partial charge in [-0.15, -0.1) is 0 Å². The fourth-order valence-electron chi connectivity index (χ4n) is 4.81. The Morgan fingerprint density at radius 1 is 1.08 bits per heavy atom. The number of amides is 1. The average Bonchev–Trinajstić information content (AvgIpc) is 3.15. The summed E-state index contributed by atoms with van der Waals surface area (Å²) in [5.41, 5.74) is 6.81. The summed E-state index contributed by atoms with van der Waals surface area (Å²) in [6.45, 7) is 12.1. The summed E-state index contributed by atoms with van der Waals surface area (Å²) in [5.74, 6) is 0.593. The van der Waals surface area contributed by atoms with Gasteiger partial charge in [0.1, 0.15) is 11.4 Å². The number of pyridine rings is 1. The monoisotopic (exact) mass is 512 g/mol. The van der Waals surface area contributed by atoms with E-state index in [0.29, 0.717) is 17.3 Å². The first-order valence-electron chi connectivity index (χ1n) is 13.1. The number of hydrogen-bond acceptors (Lipinski definition) is 7. The Kier molecular flexibility index (Phi) is 6.79. The molecule has 1 amide bonds. The van der Waals surface area contributed by atoms with Crippen molar-refractivity contribution in [3.63, 3.8) is 0 Å². The van der Waals surface area contributed by atoms with Gasteiger partial charge in [0.05, 0.1) is 5.52 Å². The van der Waals surface area contributed by atoms with E-state index in [9.17, 15) is 4.79 Å². The maximum atomic E-state index is 13.0. The van der Waals surface area contributed by atoms with Crippen molar-refractivity contribution >= 4 is 40.0 Å². The molecule has 0 saturated heterocycles. The minimum atomic E-state index is -0.233. The van der Waals surface area contributed by atoms with E-state index in [1.807, 2.05) is 32.0 Å². The van der Waals surface area contributed by atoms with Gasteiger partial charge in [0.15, 0.2) is 0 Å². The van der Waals surface area contributed by atoms with Crippen molar-refractivity contribution in [2.45, 2.75) is 59.0 Å². The lowest BCUT2D eigenvalue weighted by atomic mass is 9.91. The van der Waals surface area contributed by atoms with Crippen molar-refractivity contribution in [3.8, 4) is 0 Å². The van der Waals surface area contributed by atoms with Crippen molar-refractivity contribution in [2.75, 3.05) is 17.2 Å². The lowest BCUT2D eigenvalue weighted by Gasteiger charge is -2.19. The quantitative estimate of drug-likeness (QED) is 0.290. The molecule has 5 rings (SSSR count). The highest BCUT2D eigenvalue weighted by Gasteiger charge is 2.20. The van der Waals surface area contributed by atoms with E-state index in [1.54, 1.807) is 12.4 Å². The Hall–Kier alpha value is -3.98. The smallest absolute Gasteiger partial charge is 0.256 e. The number of anilines is 4. The van der Waals surface area contributed by atoms with Crippen LogP contribution in [0.3, 0.4) is 0 Å². The van der Waals surface area contributed by atoms with Gasteiger partial charge >= 0.3 is 0 Å². The molecule has 4 heterocycles. The number of aromatic nitrogens is 4. The van der Waals surface area contributed by atoms with Crippen molar-refractivity contribution in [2.24, 2.45) is 7.05 Å². The topological polar surface area (TPSA) is 109 Å². The van der Waals surface area contributed by atoms with Gasteiger partial charge in [-0.05, 0) is 43.7 Å². The summed E-state index contributed by atoms with van der Waals surface area (Å²) < 4.78 is 2.28. The molecule has 4 aromatic rings. The number of carbonyl (C=O) groups excluding carboxylic acids is 1. The van der Waals surface area contributed by atoms with Crippen LogP contribution in [0.15, 0.2) is 42.7 Å². The highest BCUT2D eigenvalue weighted by atomic mass is 16.1. The summed E-state index contributed by atoms with van der Waals surface area (Å²) in [5, 5.41) is 14.3. The van der Waals surface area contributed by atoms with E-state index in [2.05, 4.69) is 75.8 Å². The van der Waals surface area contributed by atoms with E-state index >= 15 is 0 Å². The van der Waals surface area contributed by atoms with Crippen LogP contribution in [0, 0.1) is 0 Å². The molecule has 0 fully saturated rings. The average molecular weight is 513 g/mol. The molecule has 0 aliphatic carbocycles. The molecule has 0 bridgehead atoms. The van der Waals surface area contributed by atoms with Gasteiger partial charge in [-0.3, -0.25) is 9.78 Å². The molecule has 0 unspecified atom stereocenters. The van der Waals surface area contributed by atoms with Gasteiger partial charge in [-0.2, -0.15) is 4.98 Å². The SMILES string of the molecule is CC(C)NC(=O)c1cnc(Nc2ccc3c4c(n(C)c3c2)CCNC4)nc1Nc1ccnc(C(C)(C)C)c1. The number of fused-ring (bicyclic) bond motifs is 3. The number of hydrogen-bond donors (Lipinski definition) is 4. The van der Waals surface area contributed by atoms with Crippen LogP contribution in [0.1, 0.15) is 61.9 Å². The standard InChI is InChI=1S/C29H36N8O/c1-17(2)33-27(38)22-16-32-28(36-26(22)34-19-9-12-31-25(14-19)29(3,4)5)35-18-7-8-20-21-15-30-11-10-23(21)37(6)24(20)13-18/h7-9,12-14,16-17,30H,10-11,15H2,1-6H3,(H,33,38)(H2,31,32,34,35,36). The van der Waals surface area contributed by atoms with Crippen LogP contribution in [0.2, 0.25) is 0 Å². The van der Waals surface area contributed by atoms with Crippen molar-refractivity contribution in [1.82, 2.24) is 30.2 Å². The van der Waals surface area contributed by atoms with Gasteiger partial charge in [-0.1, -0.05) is 26.8 Å². The number of nitrogens with one attached hydrogen (secondary N) is 4. The number of carbonyl (C=O) groups is 1. The molecule has 0 atom stereocenters. The molecule has 1 aliphatic heterocycles. The molecule has 4 N–H and O–H groups in total. The third-order valence-electron chi connectivity index (χ3n) is 6.78. The molecular formula is C29H36N8O. The van der Waals surface area contributed by atoms with E-state index in [-0.39, 0.29) is 17.4 Å². The van der Waals surface area contributed by atoms with Gasteiger partial charge in [0.25, 0.3) is 5.91 Å². The Labute approximate surface area is 223 Å². The van der Waals surface area contributed by atoms with Crippen LogP contribution >= 0.6 is 0 Å². The Morgan fingerprint density at radius 2 is 1.87 bits per heavy atom. The lowest BCUT2D eigenvalue weighted by Crippen LogP contribution is -2.31. The van der Waals surface area contributed by atoms with E-state index in [4.69, 9.17) is 4.98 Å². The maximum Gasteiger partial charge on any atom is 0.256 e. The van der Waals surface area contributed by atoms with Crippen LogP contribution in [-0.4, -0.2) is 38.0 Å². The summed E-state index contributed by atoms with van der Waals surface area (Å²) in [4.78, 5) is 26.7. The van der Waals surface area contributed by atoms with Crippen LogP contribution in [0.25, 0.3) is 10.9 Å². The largest absolute Gasteiger partial charge is 0.350 e. The van der Waals surface area contributed by atoms with Crippen LogP contribution in [0.5, 0.6) is 0 Å². The number of aryl methyl sites for hydroxylation is 1. The fourth-order valence-corrected chi connectivity index (χ4v) is 4.81. The molecule has 1 aromatic carbocycles. The predicted molar refractivity (Wildman–Crippen MR) is 152 cm³/mol. The highest BCUT2D eigenvalue weighted by molar-refractivity contribution is 5.99. The number of rotatable bonds is 6. The second kappa shape index (κ2) is 10.1. The molecule has 9 nitrogen and oxygen atoms in total. The van der Waals surface area contributed by atoms with Crippen LogP contribution in [-0.2, 0) is 25.4 Å². The third-order valence-corrected chi connectivity index (χ3v) is 6.78. The summed E-state index contributed by atoms with van der Waals surface area (Å²) in [7, 11) is 2.12. The maximum absolute atomic E-state index is 13.0. The second-order valence-corrected chi connectivity index (χ2v) is 11.2. The van der Waals surface area contributed by atoms with Gasteiger partial charge in [0, 0.05) is 78.6 Å². The van der Waals surface area contributed by atoms with Gasteiger partial charge < -0.3 is 25.8 Å². The van der Waals surface area contributed by atoms with E-state index in [1.165, 1.54) is 22.2 Å². The van der Waals surface area contributed by atoms with E-state index < -0.39 is 0 Å². The van der Waals surface area contributed by atoms with E-state index in [0.717, 1.165) is 36.6 Å². The Morgan fingerprint density at radius 3 is 2.63 bits per heavy atom. The summed E-state index contributed by atoms with van der Waals surface area (Å²) in [6.07, 6.45) is 4.35. The highest BCUT2D eigenvalue weighted by Crippen LogP contribution is 2.31. The molecular weight excluding hydrogens is 476 g/mol. The number of nitrogens with zero attached hydrogens (tertiary/aromatic N) is 4. The van der Waals surface area contributed by atoms with Crippen LogP contribution in [0.4, 0.5) is 23.1 Å². The first kappa shape index (κ1) is 25.7. The Balaban J connectivity index is 1.48. The predicted octanol–water partition coefficient (Wildman–Crippen LogP) is 4.93. The molecule has 3 aromatic heterocycles.